The van der Waals surface area contributed by atoms with Crippen LogP contribution in [0.4, 0.5) is 4.39 Å². The molecule has 0 radical (unpaired) electrons. The van der Waals surface area contributed by atoms with E-state index in [-0.39, 0.29) is 17.0 Å². The summed E-state index contributed by atoms with van der Waals surface area (Å²) in [5.74, 6) is -0.824. The quantitative estimate of drug-likeness (QED) is 0.315. The van der Waals surface area contributed by atoms with E-state index in [4.69, 9.17) is 13.9 Å². The van der Waals surface area contributed by atoms with Crippen molar-refractivity contribution in [1.82, 2.24) is 4.57 Å². The van der Waals surface area contributed by atoms with Crippen molar-refractivity contribution in [3.8, 4) is 28.0 Å². The van der Waals surface area contributed by atoms with Crippen LogP contribution in [0.3, 0.4) is 0 Å². The summed E-state index contributed by atoms with van der Waals surface area (Å²) in [6.45, 7) is 9.42. The number of carboxylic acid groups (broad SMARTS) is 1. The number of benzene rings is 2. The molecule has 4 aromatic rings. The molecule has 0 saturated carbocycles. The molecule has 7 nitrogen and oxygen atoms in total. The molecule has 0 bridgehead atoms. The Morgan fingerprint density at radius 2 is 1.87 bits per heavy atom. The Morgan fingerprint density at radius 3 is 2.51 bits per heavy atom. The molecule has 0 unspecified atom stereocenters. The van der Waals surface area contributed by atoms with Crippen LogP contribution in [-0.4, -0.2) is 27.9 Å². The number of carbonyl (C=O) groups is 1. The van der Waals surface area contributed by atoms with Crippen molar-refractivity contribution in [3.05, 3.63) is 75.3 Å². The zero-order valence-electron chi connectivity index (χ0n) is 23.0. The first-order valence-electron chi connectivity index (χ1n) is 13.0. The van der Waals surface area contributed by atoms with E-state index in [1.807, 2.05) is 26.0 Å². The Hall–Kier alpha value is -3.91. The molecule has 2 aromatic carbocycles. The zero-order chi connectivity index (χ0) is 28.2. The smallest absolute Gasteiger partial charge is 0.339 e. The molecule has 0 saturated heterocycles. The third kappa shape index (κ3) is 4.63. The molecule has 0 spiro atoms. The van der Waals surface area contributed by atoms with Crippen molar-refractivity contribution >= 4 is 16.7 Å². The first-order chi connectivity index (χ1) is 18.4. The number of aryl methyl sites for hydroxylation is 1. The van der Waals surface area contributed by atoms with Gasteiger partial charge in [-0.1, -0.05) is 12.1 Å². The van der Waals surface area contributed by atoms with Gasteiger partial charge in [-0.25, -0.2) is 9.18 Å². The van der Waals surface area contributed by atoms with Gasteiger partial charge < -0.3 is 23.6 Å². The summed E-state index contributed by atoms with van der Waals surface area (Å²) in [5, 5.41) is 11.2. The molecular weight excluding hydrogens is 501 g/mol. The second kappa shape index (κ2) is 9.68. The van der Waals surface area contributed by atoms with Gasteiger partial charge in [-0.3, -0.25) is 4.79 Å². The predicted octanol–water partition coefficient (Wildman–Crippen LogP) is 6.49. The number of aliphatic carboxylic acids is 1. The van der Waals surface area contributed by atoms with Gasteiger partial charge in [0, 0.05) is 29.1 Å². The van der Waals surface area contributed by atoms with E-state index in [0.29, 0.717) is 40.7 Å². The highest BCUT2D eigenvalue weighted by Crippen LogP contribution is 2.43. The van der Waals surface area contributed by atoms with Crippen LogP contribution in [0.25, 0.3) is 33.0 Å². The van der Waals surface area contributed by atoms with Crippen LogP contribution in [0, 0.1) is 19.7 Å². The number of ether oxygens (including phenoxy) is 2. The molecule has 0 aliphatic carbocycles. The summed E-state index contributed by atoms with van der Waals surface area (Å²) in [7, 11) is 1.53. The minimum absolute atomic E-state index is 0.154. The van der Waals surface area contributed by atoms with E-state index in [1.165, 1.54) is 17.7 Å². The maximum Gasteiger partial charge on any atom is 0.339 e. The van der Waals surface area contributed by atoms with E-state index in [1.54, 1.807) is 39.2 Å². The Labute approximate surface area is 225 Å². The number of fused-ring (bicyclic) bond motifs is 2. The first-order valence-corrected chi connectivity index (χ1v) is 13.0. The fraction of sp³-hybridized carbons (Fsp3) is 0.355. The lowest BCUT2D eigenvalue weighted by molar-refractivity contribution is -0.161. The molecule has 1 atom stereocenters. The van der Waals surface area contributed by atoms with E-state index in [9.17, 15) is 14.7 Å². The number of hydrogen-bond donors (Lipinski definition) is 1. The number of furan rings is 1. The summed E-state index contributed by atoms with van der Waals surface area (Å²) in [6, 6.07) is 8.64. The molecule has 2 aromatic heterocycles. The molecule has 0 fully saturated rings. The second-order valence-corrected chi connectivity index (χ2v) is 11.0. The summed E-state index contributed by atoms with van der Waals surface area (Å²) >= 11 is 0. The Kier molecular flexibility index (Phi) is 6.63. The van der Waals surface area contributed by atoms with E-state index >= 15 is 4.39 Å². The van der Waals surface area contributed by atoms with Crippen LogP contribution >= 0.6 is 0 Å². The molecule has 1 aliphatic heterocycles. The molecule has 5 rings (SSSR count). The van der Waals surface area contributed by atoms with Crippen LogP contribution < -0.4 is 10.3 Å². The van der Waals surface area contributed by atoms with Gasteiger partial charge in [0.2, 0.25) is 0 Å². The first kappa shape index (κ1) is 26.7. The van der Waals surface area contributed by atoms with E-state index in [2.05, 4.69) is 0 Å². The summed E-state index contributed by atoms with van der Waals surface area (Å²) < 4.78 is 33.9. The van der Waals surface area contributed by atoms with E-state index in [0.717, 1.165) is 28.7 Å². The fourth-order valence-electron chi connectivity index (χ4n) is 5.47. The lowest BCUT2D eigenvalue weighted by atomic mass is 9.87. The number of hydrogen-bond acceptors (Lipinski definition) is 5. The lowest BCUT2D eigenvalue weighted by Gasteiger charge is -2.29. The van der Waals surface area contributed by atoms with Gasteiger partial charge in [-0.2, -0.15) is 0 Å². The summed E-state index contributed by atoms with van der Waals surface area (Å²) in [4.78, 5) is 26.5. The minimum atomic E-state index is -1.48. The van der Waals surface area contributed by atoms with Crippen LogP contribution in [0.15, 0.2) is 45.8 Å². The van der Waals surface area contributed by atoms with Crippen molar-refractivity contribution < 1.29 is 28.2 Å². The topological polar surface area (TPSA) is 90.9 Å². The largest absolute Gasteiger partial charge is 0.490 e. The molecule has 8 heteroatoms. The molecule has 3 heterocycles. The molecule has 39 heavy (non-hydrogen) atoms. The maximum absolute atomic E-state index is 15.5. The zero-order valence-corrected chi connectivity index (χ0v) is 23.0. The highest BCUT2D eigenvalue weighted by molar-refractivity contribution is 6.01. The molecule has 0 amide bonds. The van der Waals surface area contributed by atoms with Gasteiger partial charge >= 0.3 is 5.97 Å². The Bertz CT molecular complexity index is 1670. The number of rotatable bonds is 5. The lowest BCUT2D eigenvalue weighted by Crippen LogP contribution is -2.33. The number of halogens is 1. The standard InChI is InChI=1S/C31H32FNO6/c1-16-19-8-7-12-38-27(19)24(32)15-22(16)25-21-10-9-18(20-11-13-37-17(20)2)14-23(21)29(34)33(6)26(25)28(30(35)36)39-31(3,4)5/h9-11,13-15,28H,7-8,12H2,1-6H3,(H,35,36)/t28-/m0/s1. The van der Waals surface area contributed by atoms with Crippen molar-refractivity contribution in [3.63, 3.8) is 0 Å². The Morgan fingerprint density at radius 1 is 1.13 bits per heavy atom. The predicted molar refractivity (Wildman–Crippen MR) is 147 cm³/mol. The molecule has 1 N–H and O–H groups in total. The van der Waals surface area contributed by atoms with Gasteiger partial charge in [-0.15, -0.1) is 0 Å². The van der Waals surface area contributed by atoms with Gasteiger partial charge in [0.15, 0.2) is 17.7 Å². The average Bonchev–Trinajstić information content (AvgIpc) is 3.32. The van der Waals surface area contributed by atoms with E-state index < -0.39 is 23.5 Å². The van der Waals surface area contributed by atoms with Crippen LogP contribution in [0.2, 0.25) is 0 Å². The van der Waals surface area contributed by atoms with Crippen molar-refractivity contribution in [1.29, 1.82) is 0 Å². The minimum Gasteiger partial charge on any atom is -0.490 e. The monoisotopic (exact) mass is 533 g/mol. The van der Waals surface area contributed by atoms with Crippen molar-refractivity contribution in [2.24, 2.45) is 7.05 Å². The normalized spacial score (nSPS) is 14.2. The molecule has 1 aliphatic rings. The third-order valence-corrected chi connectivity index (χ3v) is 7.26. The number of nitrogens with zero attached hydrogens (tertiary/aromatic N) is 1. The average molecular weight is 534 g/mol. The molecular formula is C31H32FNO6. The van der Waals surface area contributed by atoms with Crippen LogP contribution in [-0.2, 0) is 23.0 Å². The Balaban J connectivity index is 1.91. The van der Waals surface area contributed by atoms with Crippen molar-refractivity contribution in [2.45, 2.75) is 59.2 Å². The van der Waals surface area contributed by atoms with Gasteiger partial charge in [0.1, 0.15) is 5.76 Å². The van der Waals surface area contributed by atoms with Crippen molar-refractivity contribution in [2.75, 3.05) is 6.61 Å². The van der Waals surface area contributed by atoms with Gasteiger partial charge in [-0.05, 0) is 87.7 Å². The second-order valence-electron chi connectivity index (χ2n) is 11.0. The SMILES string of the molecule is Cc1occc1-c1ccc2c(-c3cc(F)c4c(c3C)CCCO4)c([C@H](OC(C)(C)C)C(=O)O)n(C)c(=O)c2c1. The fourth-order valence-corrected chi connectivity index (χ4v) is 5.47. The molecule has 204 valence electrons. The van der Waals surface area contributed by atoms with Crippen LogP contribution in [0.1, 0.15) is 55.9 Å². The highest BCUT2D eigenvalue weighted by atomic mass is 19.1. The van der Waals surface area contributed by atoms with Crippen LogP contribution in [0.5, 0.6) is 5.75 Å². The summed E-state index contributed by atoms with van der Waals surface area (Å²) in [5.41, 5.74) is 3.05. The number of carboxylic acids is 1. The highest BCUT2D eigenvalue weighted by Gasteiger charge is 2.34. The number of pyridine rings is 1. The van der Waals surface area contributed by atoms with Gasteiger partial charge in [0.05, 0.1) is 24.2 Å². The van der Waals surface area contributed by atoms with Gasteiger partial charge in [0.25, 0.3) is 5.56 Å². The maximum atomic E-state index is 15.5. The number of aromatic nitrogens is 1. The third-order valence-electron chi connectivity index (χ3n) is 7.26. The summed E-state index contributed by atoms with van der Waals surface area (Å²) in [6.07, 6.45) is 1.49.